The molecule has 2 amide bonds. The van der Waals surface area contributed by atoms with Gasteiger partial charge in [-0.3, -0.25) is 9.59 Å². The first-order valence-electron chi connectivity index (χ1n) is 13.5. The summed E-state index contributed by atoms with van der Waals surface area (Å²) in [4.78, 5) is 26.3. The number of nitrogens with zero attached hydrogens (tertiary/aromatic N) is 2. The van der Waals surface area contributed by atoms with Gasteiger partial charge in [-0.05, 0) is 74.2 Å². The van der Waals surface area contributed by atoms with Gasteiger partial charge in [0, 0.05) is 16.6 Å². The lowest BCUT2D eigenvalue weighted by Gasteiger charge is -2.13. The highest BCUT2D eigenvalue weighted by atomic mass is 35.5. The molecule has 0 aliphatic heterocycles. The summed E-state index contributed by atoms with van der Waals surface area (Å²) in [6.45, 7) is 5.45. The number of methoxy groups -OCH3 is 1. The van der Waals surface area contributed by atoms with Crippen LogP contribution in [0.4, 0.5) is 30.2 Å². The van der Waals surface area contributed by atoms with E-state index in [0.717, 1.165) is 23.8 Å². The molecule has 8 nitrogen and oxygen atoms in total. The molecule has 0 bridgehead atoms. The molecule has 12 heteroatoms. The van der Waals surface area contributed by atoms with Crippen LogP contribution in [-0.4, -0.2) is 24.0 Å². The van der Waals surface area contributed by atoms with Gasteiger partial charge in [0.25, 0.3) is 11.8 Å². The number of hydrogen-bond acceptors (Lipinski definition) is 6. The van der Waals surface area contributed by atoms with E-state index in [9.17, 15) is 27.9 Å². The quantitative estimate of drug-likeness (QED) is 0.132. The lowest BCUT2D eigenvalue weighted by Crippen LogP contribution is -2.23. The first kappa shape index (κ1) is 32.7. The van der Waals surface area contributed by atoms with Gasteiger partial charge in [-0.15, -0.1) is 10.2 Å². The van der Waals surface area contributed by atoms with Crippen molar-refractivity contribution < 1.29 is 32.6 Å². The lowest BCUT2D eigenvalue weighted by molar-refractivity contribution is -0.137. The highest BCUT2D eigenvalue weighted by molar-refractivity contribution is 6.34. The number of phenolic OH excluding ortho intramolecular Hbond substituents is 1. The van der Waals surface area contributed by atoms with Gasteiger partial charge in [0.1, 0.15) is 17.1 Å². The number of aromatic hydroxyl groups is 1. The Kier molecular flexibility index (Phi) is 9.93. The maximum Gasteiger partial charge on any atom is 0.416 e. The zero-order chi connectivity index (χ0) is 32.9. The average Bonchev–Trinajstić information content (AvgIpc) is 3.02. The Hall–Kier alpha value is -5.16. The minimum Gasteiger partial charge on any atom is -0.505 e. The number of nitrogens with one attached hydrogen (secondary N) is 2. The summed E-state index contributed by atoms with van der Waals surface area (Å²) in [5.41, 5.74) is 0.236. The number of ether oxygens (including phenoxy) is 1. The number of phenols is 1. The summed E-state index contributed by atoms with van der Waals surface area (Å²) in [6.07, 6.45) is -1.06. The van der Waals surface area contributed by atoms with Crippen molar-refractivity contribution in [1.29, 1.82) is 0 Å². The predicted octanol–water partition coefficient (Wildman–Crippen LogP) is 9.49. The highest BCUT2D eigenvalue weighted by Gasteiger charge is 2.31. The first-order chi connectivity index (χ1) is 21.4. The summed E-state index contributed by atoms with van der Waals surface area (Å²) in [5, 5.41) is 25.9. The molecule has 232 valence electrons. The van der Waals surface area contributed by atoms with Crippen LogP contribution in [0.2, 0.25) is 5.02 Å². The van der Waals surface area contributed by atoms with Crippen LogP contribution in [0.1, 0.15) is 47.1 Å². The number of allylic oxidation sites excluding steroid dienone is 3. The topological polar surface area (TPSA) is 112 Å². The van der Waals surface area contributed by atoms with Crippen LogP contribution in [-0.2, 0) is 6.18 Å². The molecule has 0 aromatic heterocycles. The zero-order valence-electron chi connectivity index (χ0n) is 24.6. The van der Waals surface area contributed by atoms with Gasteiger partial charge < -0.3 is 20.5 Å². The number of amides is 2. The fourth-order valence-corrected chi connectivity index (χ4v) is 4.51. The van der Waals surface area contributed by atoms with E-state index < -0.39 is 29.3 Å². The third-order valence-corrected chi connectivity index (χ3v) is 7.20. The molecule has 4 rings (SSSR count). The molecule has 0 aliphatic rings. The third-order valence-electron chi connectivity index (χ3n) is 6.88. The normalized spacial score (nSPS) is 12.4. The molecule has 45 heavy (non-hydrogen) atoms. The van der Waals surface area contributed by atoms with Crippen LogP contribution >= 0.6 is 11.6 Å². The van der Waals surface area contributed by atoms with Crippen molar-refractivity contribution in [3.63, 3.8) is 0 Å². The molecule has 4 aromatic rings. The summed E-state index contributed by atoms with van der Waals surface area (Å²) in [5.74, 6) is -1.53. The second-order valence-electron chi connectivity index (χ2n) is 9.70. The summed E-state index contributed by atoms with van der Waals surface area (Å²) >= 11 is 6.04. The molecule has 0 unspecified atom stereocenters. The molecular formula is C33H28ClF3N4O4. The van der Waals surface area contributed by atoms with Gasteiger partial charge in [0.2, 0.25) is 0 Å². The zero-order valence-corrected chi connectivity index (χ0v) is 25.3. The Morgan fingerprint density at radius 2 is 1.69 bits per heavy atom. The Morgan fingerprint density at radius 3 is 2.36 bits per heavy atom. The van der Waals surface area contributed by atoms with Crippen LogP contribution in [0, 0.1) is 0 Å². The Labute approximate surface area is 261 Å². The monoisotopic (exact) mass is 636 g/mol. The van der Waals surface area contributed by atoms with E-state index in [0.29, 0.717) is 16.5 Å². The van der Waals surface area contributed by atoms with Crippen molar-refractivity contribution in [3.8, 4) is 11.5 Å². The van der Waals surface area contributed by atoms with Gasteiger partial charge >= 0.3 is 6.18 Å². The smallest absolute Gasteiger partial charge is 0.416 e. The summed E-state index contributed by atoms with van der Waals surface area (Å²) in [6, 6.07) is 15.2. The third kappa shape index (κ3) is 7.32. The molecule has 0 fully saturated rings. The number of azo groups is 1. The number of anilines is 1. The second kappa shape index (κ2) is 13.6. The summed E-state index contributed by atoms with van der Waals surface area (Å²) in [7, 11) is 1.37. The molecule has 4 aromatic carbocycles. The SMILES string of the molecule is C/C=C(C)\C(=C/C)NC(=O)c1cc2ccccc2c(N=Nc2cc(C(=O)Nc3cc(C(F)(F)F)ccc3Cl)ccc2OC)c1O. The number of halogens is 4. The molecular weight excluding hydrogens is 609 g/mol. The van der Waals surface area contributed by atoms with Crippen LogP contribution in [0.15, 0.2) is 100 Å². The number of fused-ring (bicyclic) bond motifs is 1. The fraction of sp³-hybridized carbons (Fsp3) is 0.152. The van der Waals surface area contributed by atoms with E-state index in [4.69, 9.17) is 16.3 Å². The van der Waals surface area contributed by atoms with Crippen LogP contribution in [0.3, 0.4) is 0 Å². The van der Waals surface area contributed by atoms with E-state index in [1.165, 1.54) is 25.3 Å². The van der Waals surface area contributed by atoms with Crippen molar-refractivity contribution in [2.24, 2.45) is 10.2 Å². The molecule has 0 atom stereocenters. The molecule has 0 saturated carbocycles. The Morgan fingerprint density at radius 1 is 0.956 bits per heavy atom. The number of benzene rings is 4. The van der Waals surface area contributed by atoms with Crippen molar-refractivity contribution in [3.05, 3.63) is 112 Å². The number of carbonyl (C=O) groups is 2. The lowest BCUT2D eigenvalue weighted by atomic mass is 10.0. The van der Waals surface area contributed by atoms with Crippen LogP contribution in [0.5, 0.6) is 11.5 Å². The van der Waals surface area contributed by atoms with Crippen molar-refractivity contribution in [2.75, 3.05) is 12.4 Å². The fourth-order valence-electron chi connectivity index (χ4n) is 4.34. The van der Waals surface area contributed by atoms with E-state index in [1.54, 1.807) is 43.3 Å². The second-order valence-corrected chi connectivity index (χ2v) is 10.1. The number of hydrogen-bond donors (Lipinski definition) is 3. The Bertz CT molecular complexity index is 1880. The summed E-state index contributed by atoms with van der Waals surface area (Å²) < 4.78 is 45.0. The molecule has 0 heterocycles. The molecule has 0 spiro atoms. The molecule has 0 saturated heterocycles. The van der Waals surface area contributed by atoms with Crippen LogP contribution in [0.25, 0.3) is 10.8 Å². The largest absolute Gasteiger partial charge is 0.505 e. The Balaban J connectivity index is 1.73. The van der Waals surface area contributed by atoms with Gasteiger partial charge in [0.15, 0.2) is 5.75 Å². The predicted molar refractivity (Wildman–Crippen MR) is 168 cm³/mol. The minimum atomic E-state index is -4.63. The first-order valence-corrected chi connectivity index (χ1v) is 13.9. The maximum atomic E-state index is 13.2. The number of alkyl halides is 3. The number of carbonyl (C=O) groups excluding carboxylic acids is 2. The molecule has 0 radical (unpaired) electrons. The number of rotatable bonds is 8. The maximum absolute atomic E-state index is 13.2. The molecule has 0 aliphatic carbocycles. The average molecular weight is 637 g/mol. The standard InChI is InChI=1S/C33H28ClF3N4O4/c1-5-18(3)25(6-2)38-32(44)23-15-19-9-7-8-10-22(19)29(30(23)42)41-40-27-16-20(11-14-28(27)45-4)31(43)39-26-17-21(33(35,36)37)12-13-24(26)34/h5-17,42H,1-4H3,(H,38,44)(H,39,43)/b18-5-,25-6+,41-40?. The van der Waals surface area contributed by atoms with Crippen molar-refractivity contribution in [2.45, 2.75) is 26.9 Å². The van der Waals surface area contributed by atoms with E-state index in [-0.39, 0.29) is 39.0 Å². The van der Waals surface area contributed by atoms with Crippen molar-refractivity contribution in [1.82, 2.24) is 5.32 Å². The van der Waals surface area contributed by atoms with Gasteiger partial charge in [-0.1, -0.05) is 48.0 Å². The van der Waals surface area contributed by atoms with E-state index in [1.807, 2.05) is 19.9 Å². The van der Waals surface area contributed by atoms with Crippen molar-refractivity contribution >= 4 is 51.2 Å². The van der Waals surface area contributed by atoms with Crippen LogP contribution < -0.4 is 15.4 Å². The van der Waals surface area contributed by atoms with Gasteiger partial charge in [0.05, 0.1) is 28.9 Å². The molecule has 3 N–H and O–H groups in total. The highest BCUT2D eigenvalue weighted by Crippen LogP contribution is 2.41. The van der Waals surface area contributed by atoms with Gasteiger partial charge in [-0.25, -0.2) is 0 Å². The van der Waals surface area contributed by atoms with Gasteiger partial charge in [-0.2, -0.15) is 13.2 Å². The minimum absolute atomic E-state index is 0.00399. The van der Waals surface area contributed by atoms with E-state index in [2.05, 4.69) is 20.9 Å². The van der Waals surface area contributed by atoms with E-state index >= 15 is 0 Å².